The zero-order valence-electron chi connectivity index (χ0n) is 12.9. The Morgan fingerprint density at radius 3 is 2.19 bits per heavy atom. The van der Waals surface area contributed by atoms with Crippen LogP contribution in [0.5, 0.6) is 0 Å². The first-order valence-electron chi connectivity index (χ1n) is 6.86. The van der Waals surface area contributed by atoms with Crippen molar-refractivity contribution in [3.05, 3.63) is 29.8 Å². The van der Waals surface area contributed by atoms with Crippen LogP contribution in [0, 0.1) is 0 Å². The molecular formula is C14H24N2O3S2. The summed E-state index contributed by atoms with van der Waals surface area (Å²) in [6.45, 7) is 6.74. The third kappa shape index (κ3) is 6.25. The lowest BCUT2D eigenvalue weighted by atomic mass is 10.2. The van der Waals surface area contributed by atoms with Crippen molar-refractivity contribution in [3.8, 4) is 0 Å². The summed E-state index contributed by atoms with van der Waals surface area (Å²) in [5.41, 5.74) is 1.03. The molecular weight excluding hydrogens is 308 g/mol. The van der Waals surface area contributed by atoms with E-state index >= 15 is 0 Å². The summed E-state index contributed by atoms with van der Waals surface area (Å²) in [5, 5.41) is 3.06. The van der Waals surface area contributed by atoms with Crippen LogP contribution in [-0.2, 0) is 27.4 Å². The van der Waals surface area contributed by atoms with E-state index in [0.717, 1.165) is 5.56 Å². The van der Waals surface area contributed by atoms with Crippen molar-refractivity contribution in [2.24, 2.45) is 0 Å². The Labute approximate surface area is 130 Å². The molecule has 0 radical (unpaired) electrons. The second kappa shape index (κ2) is 8.03. The average molecular weight is 332 g/mol. The summed E-state index contributed by atoms with van der Waals surface area (Å²) in [6, 6.07) is 7.16. The van der Waals surface area contributed by atoms with Crippen molar-refractivity contribution in [3.63, 3.8) is 0 Å². The van der Waals surface area contributed by atoms with Crippen molar-refractivity contribution >= 4 is 20.8 Å². The number of rotatable bonds is 8. The smallest absolute Gasteiger partial charge is 0.240 e. The fourth-order valence-electron chi connectivity index (χ4n) is 1.54. The number of sulfonamides is 1. The minimum absolute atomic E-state index is 0.169. The predicted octanol–water partition coefficient (Wildman–Crippen LogP) is 1.23. The molecule has 0 amide bonds. The molecule has 5 nitrogen and oxygen atoms in total. The van der Waals surface area contributed by atoms with Crippen LogP contribution in [0.1, 0.15) is 26.3 Å². The first-order valence-corrected chi connectivity index (χ1v) is 9.97. The van der Waals surface area contributed by atoms with E-state index in [1.807, 2.05) is 0 Å². The maximum atomic E-state index is 12.1. The van der Waals surface area contributed by atoms with Crippen molar-refractivity contribution in [2.75, 3.05) is 12.8 Å². The average Bonchev–Trinajstić information content (AvgIpc) is 2.43. The highest BCUT2D eigenvalue weighted by Crippen LogP contribution is 2.11. The molecule has 1 rings (SSSR count). The quantitative estimate of drug-likeness (QED) is 0.751. The van der Waals surface area contributed by atoms with Gasteiger partial charge in [-0.2, -0.15) is 0 Å². The van der Waals surface area contributed by atoms with E-state index in [0.29, 0.717) is 12.6 Å². The molecule has 1 aromatic carbocycles. The van der Waals surface area contributed by atoms with E-state index in [-0.39, 0.29) is 16.7 Å². The molecule has 2 unspecified atom stereocenters. The highest BCUT2D eigenvalue weighted by molar-refractivity contribution is 7.89. The first kappa shape index (κ1) is 18.3. The number of benzene rings is 1. The van der Waals surface area contributed by atoms with E-state index in [4.69, 9.17) is 0 Å². The van der Waals surface area contributed by atoms with Gasteiger partial charge in [0, 0.05) is 41.4 Å². The van der Waals surface area contributed by atoms with Crippen LogP contribution in [-0.4, -0.2) is 36.7 Å². The van der Waals surface area contributed by atoms with Gasteiger partial charge < -0.3 is 5.32 Å². The summed E-state index contributed by atoms with van der Waals surface area (Å²) in [4.78, 5) is 0.227. The Balaban J connectivity index is 2.69. The fraction of sp³-hybridized carbons (Fsp3) is 0.571. The predicted molar refractivity (Wildman–Crippen MR) is 87.1 cm³/mol. The minimum Gasteiger partial charge on any atom is -0.310 e. The van der Waals surface area contributed by atoms with Crippen LogP contribution in [0.4, 0.5) is 0 Å². The first-order chi connectivity index (χ1) is 9.72. The van der Waals surface area contributed by atoms with Crippen LogP contribution < -0.4 is 10.0 Å². The molecule has 0 heterocycles. The standard InChI is InChI=1S/C14H24N2O3S2/c1-11(2)15-10-13-5-7-14(8-6-13)21(18,19)16-9-12(3)20(4)17/h5-8,11-12,15-16H,9-10H2,1-4H3. The molecule has 2 atom stereocenters. The van der Waals surface area contributed by atoms with Crippen LogP contribution in [0.2, 0.25) is 0 Å². The second-order valence-electron chi connectivity index (χ2n) is 5.34. The van der Waals surface area contributed by atoms with Gasteiger partial charge in [0.2, 0.25) is 10.0 Å². The van der Waals surface area contributed by atoms with Crippen molar-refractivity contribution < 1.29 is 12.6 Å². The van der Waals surface area contributed by atoms with Crippen LogP contribution in [0.3, 0.4) is 0 Å². The molecule has 1 aromatic rings. The second-order valence-corrected chi connectivity index (χ2v) is 8.91. The Bertz CT molecular complexity index is 568. The normalized spacial score (nSPS) is 15.1. The maximum absolute atomic E-state index is 12.1. The van der Waals surface area contributed by atoms with Crippen molar-refractivity contribution in [2.45, 2.75) is 43.5 Å². The van der Waals surface area contributed by atoms with Gasteiger partial charge in [0.25, 0.3) is 0 Å². The lowest BCUT2D eigenvalue weighted by Gasteiger charge is -2.12. The molecule has 0 aliphatic rings. The van der Waals surface area contributed by atoms with Crippen molar-refractivity contribution in [1.82, 2.24) is 10.0 Å². The van der Waals surface area contributed by atoms with Gasteiger partial charge in [-0.15, -0.1) is 0 Å². The molecule has 2 N–H and O–H groups in total. The van der Waals surface area contributed by atoms with E-state index in [9.17, 15) is 12.6 Å². The summed E-state index contributed by atoms with van der Waals surface area (Å²) >= 11 is 0. The molecule has 0 saturated carbocycles. The van der Waals surface area contributed by atoms with Gasteiger partial charge in [0.15, 0.2) is 0 Å². The van der Waals surface area contributed by atoms with E-state index < -0.39 is 20.8 Å². The Kier molecular flexibility index (Phi) is 6.99. The van der Waals surface area contributed by atoms with Gasteiger partial charge in [-0.3, -0.25) is 4.21 Å². The third-order valence-corrected chi connectivity index (χ3v) is 5.81. The van der Waals surface area contributed by atoms with Gasteiger partial charge in [-0.25, -0.2) is 13.1 Å². The summed E-state index contributed by atoms with van der Waals surface area (Å²) in [7, 11) is -4.59. The Morgan fingerprint density at radius 1 is 1.14 bits per heavy atom. The van der Waals surface area contributed by atoms with Gasteiger partial charge in [-0.1, -0.05) is 26.0 Å². The number of nitrogens with one attached hydrogen (secondary N) is 2. The molecule has 0 aliphatic carbocycles. The monoisotopic (exact) mass is 332 g/mol. The Hall–Kier alpha value is -0.760. The molecule has 21 heavy (non-hydrogen) atoms. The van der Waals surface area contributed by atoms with E-state index in [1.54, 1.807) is 37.4 Å². The van der Waals surface area contributed by atoms with Crippen LogP contribution >= 0.6 is 0 Å². The summed E-state index contributed by atoms with van der Waals surface area (Å²) in [6.07, 6.45) is 1.56. The lowest BCUT2D eigenvalue weighted by molar-refractivity contribution is 0.579. The minimum atomic E-state index is -3.54. The van der Waals surface area contributed by atoms with Crippen molar-refractivity contribution in [1.29, 1.82) is 0 Å². The number of hydrogen-bond donors (Lipinski definition) is 2. The van der Waals surface area contributed by atoms with Crippen LogP contribution in [0.25, 0.3) is 0 Å². The molecule has 0 saturated heterocycles. The molecule has 120 valence electrons. The fourth-order valence-corrected chi connectivity index (χ4v) is 3.09. The topological polar surface area (TPSA) is 75.3 Å². The van der Waals surface area contributed by atoms with Gasteiger partial charge in [-0.05, 0) is 24.6 Å². The molecule has 0 aromatic heterocycles. The molecule has 0 spiro atoms. The molecule has 7 heteroatoms. The Morgan fingerprint density at radius 2 is 1.71 bits per heavy atom. The van der Waals surface area contributed by atoms with Crippen LogP contribution in [0.15, 0.2) is 29.2 Å². The summed E-state index contributed by atoms with van der Waals surface area (Å²) < 4.78 is 37.9. The maximum Gasteiger partial charge on any atom is 0.240 e. The highest BCUT2D eigenvalue weighted by atomic mass is 32.2. The molecule has 0 aliphatic heterocycles. The zero-order chi connectivity index (χ0) is 16.0. The van der Waals surface area contributed by atoms with Gasteiger partial charge >= 0.3 is 0 Å². The number of hydrogen-bond acceptors (Lipinski definition) is 4. The zero-order valence-corrected chi connectivity index (χ0v) is 14.6. The lowest BCUT2D eigenvalue weighted by Crippen LogP contribution is -2.32. The highest BCUT2D eigenvalue weighted by Gasteiger charge is 2.16. The van der Waals surface area contributed by atoms with Gasteiger partial charge in [0.05, 0.1) is 4.90 Å². The van der Waals surface area contributed by atoms with Gasteiger partial charge in [0.1, 0.15) is 0 Å². The largest absolute Gasteiger partial charge is 0.310 e. The molecule has 0 fully saturated rings. The molecule has 0 bridgehead atoms. The third-order valence-electron chi connectivity index (χ3n) is 3.08. The SMILES string of the molecule is CC(C)NCc1ccc(S(=O)(=O)NCC(C)S(C)=O)cc1. The van der Waals surface area contributed by atoms with E-state index in [1.165, 1.54) is 0 Å². The summed E-state index contributed by atoms with van der Waals surface area (Å²) in [5.74, 6) is 0. The van der Waals surface area contributed by atoms with E-state index in [2.05, 4.69) is 23.9 Å².